The molecular weight excluding hydrogens is 1420 g/mol. The zero-order valence-electron chi connectivity index (χ0n) is 72.2. The van der Waals surface area contributed by atoms with E-state index in [-0.39, 0.29) is 0 Å². The van der Waals surface area contributed by atoms with E-state index in [4.69, 9.17) is 0 Å². The molecule has 4 heterocycles. The highest BCUT2D eigenvalue weighted by Gasteiger charge is 2.63. The lowest BCUT2D eigenvalue weighted by Gasteiger charge is -2.57. The Kier molecular flexibility index (Phi) is 22.4. The van der Waals surface area contributed by atoms with Gasteiger partial charge in [0.25, 0.3) is 0 Å². The van der Waals surface area contributed by atoms with E-state index in [0.29, 0.717) is 51.9 Å². The number of hydrogen-bond donors (Lipinski definition) is 4. The molecule has 4 N–H and O–H groups in total. The molecule has 19 heteroatoms. The van der Waals surface area contributed by atoms with Crippen LogP contribution in [0.5, 0.6) is 0 Å². The molecule has 0 spiro atoms. The lowest BCUT2D eigenvalue weighted by atomic mass is 9.49. The highest BCUT2D eigenvalue weighted by Crippen LogP contribution is 2.71. The Morgan fingerprint density at radius 2 is 0.702 bits per heavy atom. The van der Waals surface area contributed by atoms with Crippen LogP contribution in [0.2, 0.25) is 0 Å². The summed E-state index contributed by atoms with van der Waals surface area (Å²) in [5.74, 6) is 21.2. The number of fused-ring (bicyclic) bond motifs is 20. The highest BCUT2D eigenvalue weighted by molar-refractivity contribution is 5.21. The third-order valence-corrected chi connectivity index (χ3v) is 38.5. The summed E-state index contributed by atoms with van der Waals surface area (Å²) in [5.41, 5.74) is 5.26. The van der Waals surface area contributed by atoms with Crippen LogP contribution in [0.15, 0.2) is 67.3 Å². The van der Waals surface area contributed by atoms with Gasteiger partial charge in [0.2, 0.25) is 0 Å². The van der Waals surface area contributed by atoms with Gasteiger partial charge in [0, 0.05) is 6.20 Å². The zero-order chi connectivity index (χ0) is 79.8. The number of aromatic nitrogens is 15. The quantitative estimate of drug-likeness (QED) is 0.0964. The van der Waals surface area contributed by atoms with Crippen LogP contribution in [0.3, 0.4) is 0 Å². The Bertz CT molecular complexity index is 3920. The summed E-state index contributed by atoms with van der Waals surface area (Å²) in [7, 11) is 0. The van der Waals surface area contributed by atoms with Crippen molar-refractivity contribution >= 4 is 0 Å². The van der Waals surface area contributed by atoms with Crippen LogP contribution < -0.4 is 0 Å². The summed E-state index contributed by atoms with van der Waals surface area (Å²) in [6.45, 7) is 43.5. The fraction of sp³-hybridized carbons (Fsp3) is 0.863. The van der Waals surface area contributed by atoms with Crippen LogP contribution in [0.4, 0.5) is 0 Å². The highest BCUT2D eigenvalue weighted by atomic mass is 16.3. The molecule has 114 heavy (non-hydrogen) atoms. The first-order valence-corrected chi connectivity index (χ1v) is 46.9. The van der Waals surface area contributed by atoms with Crippen molar-refractivity contribution in [3.63, 3.8) is 0 Å². The molecule has 0 aromatic carbocycles. The fourth-order valence-electron chi connectivity index (χ4n) is 33.6. The second-order valence-corrected chi connectivity index (χ2v) is 44.9. The van der Waals surface area contributed by atoms with E-state index < -0.39 is 22.4 Å². The lowest BCUT2D eigenvalue weighted by Crippen LogP contribution is -2.50. The van der Waals surface area contributed by atoms with Crippen LogP contribution in [0, 0.1) is 178 Å². The average molecular weight is 1570 g/mol. The van der Waals surface area contributed by atoms with Crippen molar-refractivity contribution in [2.45, 2.75) is 349 Å². The maximum absolute atomic E-state index is 10.6. The van der Waals surface area contributed by atoms with Crippen LogP contribution in [-0.4, -0.2) is 118 Å². The van der Waals surface area contributed by atoms with E-state index in [9.17, 15) is 20.4 Å². The van der Waals surface area contributed by atoms with Crippen molar-refractivity contribution in [2.24, 2.45) is 164 Å². The van der Waals surface area contributed by atoms with Gasteiger partial charge < -0.3 is 20.4 Å². The number of aryl methyl sites for hydroxylation is 2. The van der Waals surface area contributed by atoms with Crippen molar-refractivity contribution in [3.8, 4) is 0 Å². The molecule has 32 atom stereocenters. The molecule has 0 unspecified atom stereocenters. The molecule has 0 amide bonds. The topological polar surface area (TPSA) is 242 Å². The van der Waals surface area contributed by atoms with Crippen molar-refractivity contribution in [3.05, 3.63) is 79.0 Å². The van der Waals surface area contributed by atoms with Crippen molar-refractivity contribution in [2.75, 3.05) is 0 Å². The second-order valence-electron chi connectivity index (χ2n) is 44.9. The Morgan fingerprint density at radius 3 is 1.02 bits per heavy atom. The van der Waals surface area contributed by atoms with E-state index in [1.165, 1.54) is 202 Å². The Morgan fingerprint density at radius 1 is 0.351 bits per heavy atom. The summed E-state index contributed by atoms with van der Waals surface area (Å²) >= 11 is 0. The molecule has 4 aromatic rings. The standard InChI is InChI=1S/2C24H38N4O.C24H37N3O.C23H36N4O/c1-15(14-28-16(2)25-26-27-28)21-7-8-22-20-6-5-17-13-23(3,29)11-9-18(17)19(20)10-12-24(21,22)4;1-15(14-28-26-16(2)25-27-28)21-7-8-22-20-6-5-17-13-23(3,29)11-9-18(17)19(20)10-12-24(21,22)4;1-16(15-27-13-12-25-26-27)21-6-7-22-20-5-4-17-14-23(2,28)10-8-18(17)19(20)9-11-24(21,22)3;1-15(13-27-14-24-25-26-27)20-6-7-21-19-5-4-16-12-22(2,28)10-8-17(16)18(19)9-11-23(20,21)3/h2*17-22,29H,1,5-14H2,2-4H3;12-13,17-22,28H,1,4-11,14-15H2,2-3H3;14,16-21,28H,1,4-13H2,2-3H3/t3*17-,18-,19+,20+,21+,22-,23+,24+;16-,17-,18+,19+,20+,21-,22+,23+/m0000/s1. The molecule has 0 aliphatic heterocycles. The van der Waals surface area contributed by atoms with E-state index in [0.717, 1.165) is 201 Å². The number of tetrazole rings is 3. The largest absolute Gasteiger partial charge is 0.390 e. The molecular formula is C95H149N15O4. The normalized spacial score (nSPS) is 47.2. The SMILES string of the molecule is C=C(Cn1ccnn1)[C@H]1CC[C@H]2[C@@H]3CC[C@H]4C[C@](C)(O)CC[C@@H]4[C@H]3CC[C@]12C.C=C(Cn1cnnn1)[C@H]1CC[C@H]2[C@@H]3CC[C@H]4C[C@](C)(O)CC[C@@H]4[C@H]3CC[C@]12C.C=C(Cn1nnc(C)n1)[C@H]1CC[C@H]2[C@@H]3CC[C@H]4C[C@](C)(O)CC[C@@H]4[C@H]3CC[C@]12C.C=C(Cn1nnnc1C)[C@H]1CC[C@H]2[C@@H]3CC[C@H]4C[C@](C)(O)CC[C@@H]4[C@H]3CC[C@]12C. The molecule has 16 aliphatic carbocycles. The van der Waals surface area contributed by atoms with Gasteiger partial charge in [-0.1, -0.05) is 81.5 Å². The molecule has 4 aromatic heterocycles. The first-order valence-electron chi connectivity index (χ1n) is 46.9. The molecule has 628 valence electrons. The Hall–Kier alpha value is -4.85. The molecule has 16 saturated carbocycles. The van der Waals surface area contributed by atoms with Crippen molar-refractivity contribution in [1.29, 1.82) is 0 Å². The maximum Gasteiger partial charge on any atom is 0.171 e. The molecule has 16 fully saturated rings. The second kappa shape index (κ2) is 31.3. The van der Waals surface area contributed by atoms with E-state index in [1.54, 1.807) is 17.3 Å². The van der Waals surface area contributed by atoms with Crippen LogP contribution >= 0.6 is 0 Å². The number of nitrogens with zero attached hydrogens (tertiary/aromatic N) is 15. The fourth-order valence-corrected chi connectivity index (χ4v) is 33.6. The zero-order valence-corrected chi connectivity index (χ0v) is 72.2. The third-order valence-electron chi connectivity index (χ3n) is 38.5. The Labute approximate surface area is 684 Å². The molecule has 20 rings (SSSR count). The minimum absolute atomic E-state index is 0.390. The monoisotopic (exact) mass is 1560 g/mol. The minimum atomic E-state index is -0.416. The van der Waals surface area contributed by atoms with E-state index in [1.807, 2.05) is 34.1 Å². The smallest absolute Gasteiger partial charge is 0.171 e. The average Bonchev–Trinajstić information content (AvgIpc) is 1.60. The van der Waals surface area contributed by atoms with Crippen LogP contribution in [0.1, 0.15) is 298 Å². The van der Waals surface area contributed by atoms with Crippen molar-refractivity contribution < 1.29 is 20.4 Å². The predicted octanol–water partition coefficient (Wildman–Crippen LogP) is 18.2. The minimum Gasteiger partial charge on any atom is -0.390 e. The molecule has 16 aliphatic rings. The summed E-state index contributed by atoms with van der Waals surface area (Å²) in [5, 5.41) is 86.6. The van der Waals surface area contributed by atoms with Gasteiger partial charge in [-0.2, -0.15) is 4.80 Å². The third kappa shape index (κ3) is 15.4. The first-order chi connectivity index (χ1) is 54.3. The van der Waals surface area contributed by atoms with Gasteiger partial charge in [-0.25, -0.2) is 14.0 Å². The molecule has 0 saturated heterocycles. The summed E-state index contributed by atoms with van der Waals surface area (Å²) < 4.78 is 5.66. The van der Waals surface area contributed by atoms with Gasteiger partial charge in [-0.3, -0.25) is 0 Å². The van der Waals surface area contributed by atoms with Crippen LogP contribution in [-0.2, 0) is 26.2 Å². The van der Waals surface area contributed by atoms with Gasteiger partial charge >= 0.3 is 0 Å². The molecule has 0 radical (unpaired) electrons. The first kappa shape index (κ1) is 81.5. The van der Waals surface area contributed by atoms with Gasteiger partial charge in [-0.15, -0.1) is 25.5 Å². The molecule has 0 bridgehead atoms. The molecule has 19 nitrogen and oxygen atoms in total. The lowest BCUT2D eigenvalue weighted by molar-refractivity contribution is -0.0980. The van der Waals surface area contributed by atoms with E-state index >= 15 is 0 Å². The maximum atomic E-state index is 10.6. The number of rotatable bonds is 12. The van der Waals surface area contributed by atoms with Crippen molar-refractivity contribution in [1.82, 2.24) is 75.6 Å². The van der Waals surface area contributed by atoms with Crippen LogP contribution in [0.25, 0.3) is 0 Å². The van der Waals surface area contributed by atoms with Gasteiger partial charge in [-0.05, 0) is 462 Å². The van der Waals surface area contributed by atoms with Gasteiger partial charge in [0.15, 0.2) is 5.82 Å². The van der Waals surface area contributed by atoms with E-state index in [2.05, 4.69) is 138 Å². The number of aliphatic hydroxyl groups is 4. The summed E-state index contributed by atoms with van der Waals surface area (Å²) in [6.07, 6.45) is 51.0. The summed E-state index contributed by atoms with van der Waals surface area (Å²) in [6, 6.07) is 0. The number of hydrogen-bond acceptors (Lipinski definition) is 15. The van der Waals surface area contributed by atoms with Gasteiger partial charge in [0.1, 0.15) is 12.2 Å². The Balaban J connectivity index is 0.000000110. The van der Waals surface area contributed by atoms with Gasteiger partial charge in [0.05, 0.1) is 54.8 Å². The summed E-state index contributed by atoms with van der Waals surface area (Å²) in [4.78, 5) is 1.72. The predicted molar refractivity (Wildman–Crippen MR) is 444 cm³/mol. The number of allylic oxidation sites excluding steroid dienone is 4.